The Kier molecular flexibility index (Phi) is 5.48. The van der Waals surface area contributed by atoms with Crippen molar-refractivity contribution in [3.05, 3.63) is 28.8 Å². The first-order valence-corrected chi connectivity index (χ1v) is 8.64. The molecule has 1 aliphatic rings. The van der Waals surface area contributed by atoms with Crippen molar-refractivity contribution in [3.63, 3.8) is 0 Å². The van der Waals surface area contributed by atoms with Crippen LogP contribution < -0.4 is 4.48 Å². The average Bonchev–Trinajstić information content (AvgIpc) is 2.46. The lowest BCUT2D eigenvalue weighted by Crippen LogP contribution is -2.36. The van der Waals surface area contributed by atoms with Crippen molar-refractivity contribution in [1.82, 2.24) is 9.55 Å². The molecule has 128 valence electrons. The maximum atomic E-state index is 12.7. The summed E-state index contributed by atoms with van der Waals surface area (Å²) < 4.78 is 0.743. The van der Waals surface area contributed by atoms with Crippen LogP contribution in [0, 0.1) is 6.92 Å². The number of nitrogens with zero attached hydrogens (tertiary/aromatic N) is 2. The number of carbonyl (C=O) groups excluding carboxylic acids is 1. The standard InChI is InChI=1S/C19H31N2O2/c1-14(2)16-13-18(21(4,5)6)15(3)12-17(16)19(22)23-20-10-8-7-9-11-20/h12-14H,7-11H2,1-6H3/q+1. The molecule has 4 nitrogen and oxygen atoms in total. The van der Waals surface area contributed by atoms with E-state index >= 15 is 0 Å². The predicted molar refractivity (Wildman–Crippen MR) is 95.7 cm³/mol. The number of rotatable bonds is 4. The molecule has 1 heterocycles. The Morgan fingerprint density at radius 2 is 1.74 bits per heavy atom. The summed E-state index contributed by atoms with van der Waals surface area (Å²) in [5.74, 6) is 0.0662. The molecule has 1 fully saturated rings. The number of piperidine rings is 1. The second kappa shape index (κ2) is 7.02. The molecule has 0 atom stereocenters. The highest BCUT2D eigenvalue weighted by molar-refractivity contribution is 5.92. The van der Waals surface area contributed by atoms with Crippen LogP contribution >= 0.6 is 0 Å². The molecule has 0 aromatic heterocycles. The van der Waals surface area contributed by atoms with Gasteiger partial charge < -0.3 is 4.84 Å². The monoisotopic (exact) mass is 319 g/mol. The van der Waals surface area contributed by atoms with Gasteiger partial charge in [0.05, 0.1) is 26.7 Å². The number of benzene rings is 1. The molecule has 2 rings (SSSR count). The van der Waals surface area contributed by atoms with Crippen LogP contribution in [0.1, 0.15) is 60.5 Å². The van der Waals surface area contributed by atoms with E-state index in [4.69, 9.17) is 4.84 Å². The summed E-state index contributed by atoms with van der Waals surface area (Å²) in [5.41, 5.74) is 4.15. The third-order valence-corrected chi connectivity index (χ3v) is 4.46. The van der Waals surface area contributed by atoms with Gasteiger partial charge in [-0.05, 0) is 37.3 Å². The SMILES string of the molecule is Cc1cc(C(=O)ON2CCCCC2)c(C(C)C)cc1[N+](C)(C)C. The minimum absolute atomic E-state index is 0.216. The number of hydrogen-bond donors (Lipinski definition) is 0. The van der Waals surface area contributed by atoms with Gasteiger partial charge in [-0.2, -0.15) is 0 Å². The zero-order valence-corrected chi connectivity index (χ0v) is 15.5. The minimum Gasteiger partial charge on any atom is -0.364 e. The zero-order valence-electron chi connectivity index (χ0n) is 15.5. The molecular formula is C19H31N2O2+. The van der Waals surface area contributed by atoms with Gasteiger partial charge >= 0.3 is 5.97 Å². The fourth-order valence-corrected chi connectivity index (χ4v) is 3.21. The van der Waals surface area contributed by atoms with Gasteiger partial charge in [0.25, 0.3) is 0 Å². The van der Waals surface area contributed by atoms with Crippen LogP contribution in [-0.4, -0.2) is 45.3 Å². The van der Waals surface area contributed by atoms with Gasteiger partial charge in [0.2, 0.25) is 0 Å². The third-order valence-electron chi connectivity index (χ3n) is 4.46. The van der Waals surface area contributed by atoms with E-state index in [9.17, 15) is 4.79 Å². The lowest BCUT2D eigenvalue weighted by atomic mass is 9.93. The van der Waals surface area contributed by atoms with E-state index in [0.717, 1.165) is 41.5 Å². The number of hydrogen-bond acceptors (Lipinski definition) is 3. The van der Waals surface area contributed by atoms with E-state index in [1.807, 2.05) is 11.1 Å². The summed E-state index contributed by atoms with van der Waals surface area (Å²) in [5, 5.41) is 1.82. The molecule has 0 saturated carbocycles. The first kappa shape index (κ1) is 18.0. The molecule has 0 bridgehead atoms. The second-order valence-corrected chi connectivity index (χ2v) is 7.76. The molecule has 0 unspecified atom stereocenters. The van der Waals surface area contributed by atoms with Gasteiger partial charge in [0, 0.05) is 24.7 Å². The van der Waals surface area contributed by atoms with Crippen molar-refractivity contribution in [2.45, 2.75) is 46.0 Å². The predicted octanol–water partition coefficient (Wildman–Crippen LogP) is 3.87. The van der Waals surface area contributed by atoms with Crippen LogP contribution in [-0.2, 0) is 4.84 Å². The molecular weight excluding hydrogens is 288 g/mol. The normalized spacial score (nSPS) is 16.7. The van der Waals surface area contributed by atoms with Gasteiger partial charge in [0.15, 0.2) is 0 Å². The summed E-state index contributed by atoms with van der Waals surface area (Å²) in [6.45, 7) is 8.02. The number of hydroxylamine groups is 2. The Bertz CT molecular complexity index is 567. The van der Waals surface area contributed by atoms with Gasteiger partial charge in [-0.15, -0.1) is 5.06 Å². The van der Waals surface area contributed by atoms with Crippen LogP contribution in [0.15, 0.2) is 12.1 Å². The largest absolute Gasteiger partial charge is 0.364 e. The number of aryl methyl sites for hydroxylation is 1. The fourth-order valence-electron chi connectivity index (χ4n) is 3.21. The van der Waals surface area contributed by atoms with Gasteiger partial charge in [-0.1, -0.05) is 20.3 Å². The molecule has 0 radical (unpaired) electrons. The molecule has 1 aromatic rings. The molecule has 4 heteroatoms. The molecule has 0 spiro atoms. The van der Waals surface area contributed by atoms with Gasteiger partial charge in [-0.3, -0.25) is 4.48 Å². The van der Waals surface area contributed by atoms with E-state index in [0.29, 0.717) is 5.56 Å². The van der Waals surface area contributed by atoms with Crippen LogP contribution in [0.3, 0.4) is 0 Å². The Morgan fingerprint density at radius 1 is 1.13 bits per heavy atom. The van der Waals surface area contributed by atoms with E-state index in [2.05, 4.69) is 48.0 Å². The highest BCUT2D eigenvalue weighted by atomic mass is 16.7. The molecule has 0 aliphatic carbocycles. The maximum absolute atomic E-state index is 12.7. The smallest absolute Gasteiger partial charge is 0.357 e. The van der Waals surface area contributed by atoms with Crippen LogP contribution in [0.2, 0.25) is 0 Å². The summed E-state index contributed by atoms with van der Waals surface area (Å²) in [7, 11) is 6.45. The summed E-state index contributed by atoms with van der Waals surface area (Å²) in [4.78, 5) is 18.3. The topological polar surface area (TPSA) is 29.5 Å². The first-order valence-electron chi connectivity index (χ1n) is 8.64. The van der Waals surface area contributed by atoms with E-state index in [1.54, 1.807) is 0 Å². The zero-order chi connectivity index (χ0) is 17.2. The van der Waals surface area contributed by atoms with Crippen molar-refractivity contribution >= 4 is 11.7 Å². The summed E-state index contributed by atoms with van der Waals surface area (Å²) in [6.07, 6.45) is 3.43. The first-order chi connectivity index (χ1) is 10.7. The Hall–Kier alpha value is -1.39. The fraction of sp³-hybridized carbons (Fsp3) is 0.632. The van der Waals surface area contributed by atoms with Gasteiger partial charge in [-0.25, -0.2) is 4.79 Å². The minimum atomic E-state index is -0.216. The second-order valence-electron chi connectivity index (χ2n) is 7.76. The molecule has 0 amide bonds. The van der Waals surface area contributed by atoms with Crippen molar-refractivity contribution < 1.29 is 9.63 Å². The highest BCUT2D eigenvalue weighted by Gasteiger charge is 2.25. The van der Waals surface area contributed by atoms with Crippen molar-refractivity contribution in [2.24, 2.45) is 0 Å². The quantitative estimate of drug-likeness (QED) is 0.789. The highest BCUT2D eigenvalue weighted by Crippen LogP contribution is 2.31. The van der Waals surface area contributed by atoms with Crippen LogP contribution in [0.25, 0.3) is 0 Å². The maximum Gasteiger partial charge on any atom is 0.357 e. The molecule has 0 N–H and O–H groups in total. The lowest BCUT2D eigenvalue weighted by molar-refractivity contribution is -0.119. The van der Waals surface area contributed by atoms with E-state index in [-0.39, 0.29) is 11.9 Å². The van der Waals surface area contributed by atoms with Crippen molar-refractivity contribution in [3.8, 4) is 0 Å². The average molecular weight is 319 g/mol. The summed E-state index contributed by atoms with van der Waals surface area (Å²) in [6, 6.07) is 4.17. The molecule has 1 saturated heterocycles. The molecule has 1 aromatic carbocycles. The van der Waals surface area contributed by atoms with E-state index < -0.39 is 0 Å². The van der Waals surface area contributed by atoms with Crippen LogP contribution in [0.5, 0.6) is 0 Å². The summed E-state index contributed by atoms with van der Waals surface area (Å²) >= 11 is 0. The molecule has 1 aliphatic heterocycles. The number of carbonyl (C=O) groups is 1. The molecule has 23 heavy (non-hydrogen) atoms. The lowest BCUT2D eigenvalue weighted by Gasteiger charge is -2.28. The van der Waals surface area contributed by atoms with Crippen LogP contribution in [0.4, 0.5) is 5.69 Å². The van der Waals surface area contributed by atoms with E-state index in [1.165, 1.54) is 12.1 Å². The third kappa shape index (κ3) is 4.33. The Balaban J connectivity index is 2.33. The number of quaternary nitrogens is 1. The Labute approximate surface area is 140 Å². The van der Waals surface area contributed by atoms with Gasteiger partial charge in [0.1, 0.15) is 5.69 Å². The Morgan fingerprint density at radius 3 is 2.26 bits per heavy atom. The van der Waals surface area contributed by atoms with Crippen molar-refractivity contribution in [1.29, 1.82) is 0 Å². The van der Waals surface area contributed by atoms with Crippen molar-refractivity contribution in [2.75, 3.05) is 34.2 Å².